The maximum atomic E-state index is 12.9. The molecule has 1 atom stereocenters. The Morgan fingerprint density at radius 1 is 1.29 bits per heavy atom. The quantitative estimate of drug-likeness (QED) is 0.892. The lowest BCUT2D eigenvalue weighted by atomic mass is 10.2. The molecule has 1 saturated heterocycles. The molecule has 0 spiro atoms. The number of likely N-dealkylation sites (tertiary alicyclic amines) is 1. The Morgan fingerprint density at radius 2 is 1.95 bits per heavy atom. The van der Waals surface area contributed by atoms with Crippen molar-refractivity contribution in [3.8, 4) is 0 Å². The second-order valence-corrected chi connectivity index (χ2v) is 5.52. The lowest BCUT2D eigenvalue weighted by Gasteiger charge is -2.18. The van der Waals surface area contributed by atoms with Gasteiger partial charge in [-0.1, -0.05) is 0 Å². The van der Waals surface area contributed by atoms with Gasteiger partial charge in [0.05, 0.1) is 0 Å². The van der Waals surface area contributed by atoms with Gasteiger partial charge >= 0.3 is 6.03 Å². The average Bonchev–Trinajstić information content (AvgIpc) is 2.86. The highest BCUT2D eigenvalue weighted by Crippen LogP contribution is 2.14. The summed E-state index contributed by atoms with van der Waals surface area (Å²) in [4.78, 5) is 25.5. The first-order valence-corrected chi connectivity index (χ1v) is 7.07. The summed E-state index contributed by atoms with van der Waals surface area (Å²) in [5, 5.41) is 5.61. The van der Waals surface area contributed by atoms with Gasteiger partial charge in [0.15, 0.2) is 0 Å². The first-order chi connectivity index (χ1) is 9.95. The number of hydrogen-bond acceptors (Lipinski definition) is 2. The van der Waals surface area contributed by atoms with Crippen molar-refractivity contribution < 1.29 is 14.0 Å². The highest BCUT2D eigenvalue weighted by molar-refractivity contribution is 5.94. The fraction of sp³-hybridized carbons (Fsp3) is 0.467. The zero-order valence-electron chi connectivity index (χ0n) is 12.2. The standard InChI is InChI=1S/C15H20FN3O2/c1-10(2)17-15(21)18-13-7-8-19(9-13)14(20)11-3-5-12(16)6-4-11/h3-6,10,13H,7-9H2,1-2H3,(H2,17,18,21)/t13-/m1/s1. The Bertz CT molecular complexity index is 516. The molecule has 1 fully saturated rings. The van der Waals surface area contributed by atoms with Crippen LogP contribution in [0.3, 0.4) is 0 Å². The number of carbonyl (C=O) groups is 2. The molecule has 1 heterocycles. The van der Waals surface area contributed by atoms with E-state index in [0.717, 1.165) is 6.42 Å². The molecular weight excluding hydrogens is 273 g/mol. The number of nitrogens with zero attached hydrogens (tertiary/aromatic N) is 1. The SMILES string of the molecule is CC(C)NC(=O)N[C@@H]1CCN(C(=O)c2ccc(F)cc2)C1. The summed E-state index contributed by atoms with van der Waals surface area (Å²) in [6.07, 6.45) is 0.721. The third-order valence-electron chi connectivity index (χ3n) is 3.32. The molecule has 1 aliphatic rings. The van der Waals surface area contributed by atoms with Gasteiger partial charge in [0.25, 0.3) is 5.91 Å². The van der Waals surface area contributed by atoms with E-state index in [-0.39, 0.29) is 29.8 Å². The van der Waals surface area contributed by atoms with Crippen LogP contribution >= 0.6 is 0 Å². The first-order valence-electron chi connectivity index (χ1n) is 7.07. The number of halogens is 1. The Kier molecular flexibility index (Phi) is 4.77. The first kappa shape index (κ1) is 15.3. The smallest absolute Gasteiger partial charge is 0.315 e. The van der Waals surface area contributed by atoms with Crippen LogP contribution < -0.4 is 10.6 Å². The Morgan fingerprint density at radius 3 is 2.57 bits per heavy atom. The fourth-order valence-corrected chi connectivity index (χ4v) is 2.33. The van der Waals surface area contributed by atoms with Crippen molar-refractivity contribution in [3.63, 3.8) is 0 Å². The number of hydrogen-bond donors (Lipinski definition) is 2. The maximum Gasteiger partial charge on any atom is 0.315 e. The second kappa shape index (κ2) is 6.56. The zero-order chi connectivity index (χ0) is 15.4. The summed E-state index contributed by atoms with van der Waals surface area (Å²) >= 11 is 0. The number of benzene rings is 1. The van der Waals surface area contributed by atoms with Crippen molar-refractivity contribution in [2.45, 2.75) is 32.4 Å². The summed E-state index contributed by atoms with van der Waals surface area (Å²) in [6.45, 7) is 4.84. The molecule has 0 aromatic heterocycles. The third-order valence-corrected chi connectivity index (χ3v) is 3.32. The van der Waals surface area contributed by atoms with Crippen LogP contribution in [0, 0.1) is 5.82 Å². The average molecular weight is 293 g/mol. The molecule has 6 heteroatoms. The number of rotatable bonds is 3. The predicted molar refractivity (Wildman–Crippen MR) is 77.5 cm³/mol. The number of amides is 3. The van der Waals surface area contributed by atoms with E-state index in [1.807, 2.05) is 13.8 Å². The van der Waals surface area contributed by atoms with Crippen LogP contribution in [0.5, 0.6) is 0 Å². The summed E-state index contributed by atoms with van der Waals surface area (Å²) in [6, 6.07) is 5.31. The van der Waals surface area contributed by atoms with E-state index in [9.17, 15) is 14.0 Å². The lowest BCUT2D eigenvalue weighted by Crippen LogP contribution is -2.45. The van der Waals surface area contributed by atoms with Gasteiger partial charge in [-0.3, -0.25) is 4.79 Å². The van der Waals surface area contributed by atoms with Crippen LogP contribution in [0.15, 0.2) is 24.3 Å². The molecule has 1 aromatic carbocycles. The van der Waals surface area contributed by atoms with Crippen molar-refractivity contribution in [2.75, 3.05) is 13.1 Å². The molecule has 114 valence electrons. The summed E-state index contributed by atoms with van der Waals surface area (Å²) < 4.78 is 12.9. The molecule has 5 nitrogen and oxygen atoms in total. The van der Waals surface area contributed by atoms with Crippen molar-refractivity contribution in [2.24, 2.45) is 0 Å². The number of nitrogens with one attached hydrogen (secondary N) is 2. The Hall–Kier alpha value is -2.11. The molecule has 0 aliphatic carbocycles. The van der Waals surface area contributed by atoms with Crippen LogP contribution in [0.25, 0.3) is 0 Å². The molecule has 0 radical (unpaired) electrons. The largest absolute Gasteiger partial charge is 0.337 e. The van der Waals surface area contributed by atoms with Crippen LogP contribution in [-0.2, 0) is 0 Å². The van der Waals surface area contributed by atoms with E-state index < -0.39 is 0 Å². The van der Waals surface area contributed by atoms with Gasteiger partial charge in [-0.25, -0.2) is 9.18 Å². The maximum absolute atomic E-state index is 12.9. The molecule has 0 bridgehead atoms. The summed E-state index contributed by atoms with van der Waals surface area (Å²) in [5.74, 6) is -0.499. The van der Waals surface area contributed by atoms with Gasteiger partial charge in [-0.15, -0.1) is 0 Å². The molecule has 0 unspecified atom stereocenters. The van der Waals surface area contributed by atoms with Gasteiger partial charge in [0.2, 0.25) is 0 Å². The van der Waals surface area contributed by atoms with E-state index in [2.05, 4.69) is 10.6 Å². The minimum Gasteiger partial charge on any atom is -0.337 e. The zero-order valence-corrected chi connectivity index (χ0v) is 12.2. The molecule has 21 heavy (non-hydrogen) atoms. The van der Waals surface area contributed by atoms with Crippen LogP contribution in [-0.4, -0.2) is 42.0 Å². The summed E-state index contributed by atoms with van der Waals surface area (Å²) in [5.41, 5.74) is 0.462. The molecular formula is C15H20FN3O2. The van der Waals surface area contributed by atoms with Crippen LogP contribution in [0.2, 0.25) is 0 Å². The van der Waals surface area contributed by atoms with E-state index >= 15 is 0 Å². The Labute approximate surface area is 123 Å². The van der Waals surface area contributed by atoms with E-state index in [1.165, 1.54) is 24.3 Å². The fourth-order valence-electron chi connectivity index (χ4n) is 2.33. The number of urea groups is 1. The second-order valence-electron chi connectivity index (χ2n) is 5.52. The van der Waals surface area contributed by atoms with Crippen molar-refractivity contribution in [3.05, 3.63) is 35.6 Å². The molecule has 2 rings (SSSR count). The van der Waals surface area contributed by atoms with Crippen molar-refractivity contribution in [1.29, 1.82) is 0 Å². The third kappa shape index (κ3) is 4.18. The lowest BCUT2D eigenvalue weighted by molar-refractivity contribution is 0.0789. The van der Waals surface area contributed by atoms with Crippen LogP contribution in [0.1, 0.15) is 30.6 Å². The summed E-state index contributed by atoms with van der Waals surface area (Å²) in [7, 11) is 0. The molecule has 3 amide bonds. The van der Waals surface area contributed by atoms with E-state index in [1.54, 1.807) is 4.90 Å². The van der Waals surface area contributed by atoms with Gasteiger partial charge in [0, 0.05) is 30.7 Å². The van der Waals surface area contributed by atoms with Gasteiger partial charge in [-0.05, 0) is 44.5 Å². The molecule has 2 N–H and O–H groups in total. The minimum absolute atomic E-state index is 0.0480. The van der Waals surface area contributed by atoms with Gasteiger partial charge < -0.3 is 15.5 Å². The topological polar surface area (TPSA) is 61.4 Å². The van der Waals surface area contributed by atoms with Crippen molar-refractivity contribution in [1.82, 2.24) is 15.5 Å². The van der Waals surface area contributed by atoms with Gasteiger partial charge in [0.1, 0.15) is 5.82 Å². The monoisotopic (exact) mass is 293 g/mol. The van der Waals surface area contributed by atoms with Crippen LogP contribution in [0.4, 0.5) is 9.18 Å². The highest BCUT2D eigenvalue weighted by atomic mass is 19.1. The molecule has 1 aromatic rings. The number of carbonyl (C=O) groups excluding carboxylic acids is 2. The normalized spacial score (nSPS) is 17.9. The molecule has 0 saturated carbocycles. The van der Waals surface area contributed by atoms with Crippen molar-refractivity contribution >= 4 is 11.9 Å². The highest BCUT2D eigenvalue weighted by Gasteiger charge is 2.27. The Balaban J connectivity index is 1.88. The van der Waals surface area contributed by atoms with Gasteiger partial charge in [-0.2, -0.15) is 0 Å². The predicted octanol–water partition coefficient (Wildman–Crippen LogP) is 1.75. The van der Waals surface area contributed by atoms with E-state index in [4.69, 9.17) is 0 Å². The molecule has 1 aliphatic heterocycles. The minimum atomic E-state index is -0.363. The van der Waals surface area contributed by atoms with E-state index in [0.29, 0.717) is 18.7 Å².